The lowest BCUT2D eigenvalue weighted by atomic mass is 9.93. The molecule has 11 heteroatoms. The van der Waals surface area contributed by atoms with Crippen molar-refractivity contribution in [2.24, 2.45) is 0 Å². The van der Waals surface area contributed by atoms with E-state index < -0.39 is 52.9 Å². The highest BCUT2D eigenvalue weighted by atomic mass is 19.4. The van der Waals surface area contributed by atoms with Crippen LogP contribution in [0.25, 0.3) is 0 Å². The molecule has 0 aliphatic carbocycles. The Morgan fingerprint density at radius 1 is 1.08 bits per heavy atom. The van der Waals surface area contributed by atoms with Gasteiger partial charge in [0, 0.05) is 12.2 Å². The Morgan fingerprint density at radius 2 is 1.62 bits per heavy atom. The quantitative estimate of drug-likeness (QED) is 0.782. The van der Waals surface area contributed by atoms with Crippen molar-refractivity contribution in [2.75, 3.05) is 13.2 Å². The third kappa shape index (κ3) is 4.65. The minimum Gasteiger partial charge on any atom is -0.481 e. The monoisotopic (exact) mass is 385 g/mol. The number of carbonyl (C=O) groups is 2. The molecule has 0 saturated carbocycles. The van der Waals surface area contributed by atoms with Gasteiger partial charge in [0.1, 0.15) is 0 Å². The van der Waals surface area contributed by atoms with Gasteiger partial charge in [0.2, 0.25) is 0 Å². The number of alkyl halides is 6. The summed E-state index contributed by atoms with van der Waals surface area (Å²) < 4.78 is 82.1. The lowest BCUT2D eigenvalue weighted by Gasteiger charge is -2.27. The Labute approximate surface area is 142 Å². The van der Waals surface area contributed by atoms with E-state index in [4.69, 9.17) is 9.84 Å². The van der Waals surface area contributed by atoms with E-state index in [1.165, 1.54) is 0 Å². The topological polar surface area (TPSA) is 75.6 Å². The van der Waals surface area contributed by atoms with Gasteiger partial charge in [-0.2, -0.15) is 26.3 Å². The maximum atomic E-state index is 12.9. The number of halogens is 6. The van der Waals surface area contributed by atoms with Crippen LogP contribution in [0.2, 0.25) is 0 Å². The SMILES string of the molecule is O=C(O)CC1(NC(=O)c2cc(C(F)(F)F)cc(C(F)(F)F)c2)CCOC1. The minimum absolute atomic E-state index is 0.0656. The molecule has 0 spiro atoms. The summed E-state index contributed by atoms with van der Waals surface area (Å²) >= 11 is 0. The number of hydrogen-bond donors (Lipinski definition) is 2. The van der Waals surface area contributed by atoms with E-state index in [0.29, 0.717) is 0 Å². The number of carboxylic acid groups (broad SMARTS) is 1. The smallest absolute Gasteiger partial charge is 0.416 e. The molecule has 1 aromatic rings. The van der Waals surface area contributed by atoms with E-state index in [9.17, 15) is 35.9 Å². The summed E-state index contributed by atoms with van der Waals surface area (Å²) in [6, 6.07) is 0.478. The summed E-state index contributed by atoms with van der Waals surface area (Å²) in [4.78, 5) is 23.2. The highest BCUT2D eigenvalue weighted by Gasteiger charge is 2.41. The normalized spacial score (nSPS) is 20.8. The predicted molar refractivity (Wildman–Crippen MR) is 74.3 cm³/mol. The van der Waals surface area contributed by atoms with Gasteiger partial charge in [0.15, 0.2) is 0 Å². The summed E-state index contributed by atoms with van der Waals surface area (Å²) in [7, 11) is 0. The number of amides is 1. The van der Waals surface area contributed by atoms with Gasteiger partial charge in [-0.1, -0.05) is 0 Å². The summed E-state index contributed by atoms with van der Waals surface area (Å²) in [6.07, 6.45) is -10.7. The third-order valence-corrected chi connectivity index (χ3v) is 3.82. The molecule has 1 aliphatic heterocycles. The first-order chi connectivity index (χ1) is 11.8. The molecule has 0 radical (unpaired) electrons. The molecule has 1 aromatic carbocycles. The van der Waals surface area contributed by atoms with E-state index >= 15 is 0 Å². The van der Waals surface area contributed by atoms with Crippen LogP contribution in [0.1, 0.15) is 34.3 Å². The Bertz CT molecular complexity index is 675. The minimum atomic E-state index is -5.09. The van der Waals surface area contributed by atoms with Crippen molar-refractivity contribution in [3.8, 4) is 0 Å². The first-order valence-corrected chi connectivity index (χ1v) is 7.24. The molecule has 1 aliphatic rings. The van der Waals surface area contributed by atoms with Gasteiger partial charge >= 0.3 is 18.3 Å². The van der Waals surface area contributed by atoms with Gasteiger partial charge in [0.25, 0.3) is 5.91 Å². The molecular weight excluding hydrogens is 372 g/mol. The number of nitrogens with one attached hydrogen (secondary N) is 1. The first-order valence-electron chi connectivity index (χ1n) is 7.24. The Balaban J connectivity index is 2.40. The van der Waals surface area contributed by atoms with Crippen LogP contribution in [-0.2, 0) is 21.9 Å². The van der Waals surface area contributed by atoms with E-state index in [1.807, 2.05) is 0 Å². The van der Waals surface area contributed by atoms with E-state index in [0.717, 1.165) is 0 Å². The Morgan fingerprint density at radius 3 is 2.00 bits per heavy atom. The van der Waals surface area contributed by atoms with Crippen LogP contribution in [0.5, 0.6) is 0 Å². The van der Waals surface area contributed by atoms with Gasteiger partial charge in [-0.25, -0.2) is 0 Å². The van der Waals surface area contributed by atoms with Crippen molar-refractivity contribution >= 4 is 11.9 Å². The van der Waals surface area contributed by atoms with E-state index in [1.54, 1.807) is 0 Å². The van der Waals surface area contributed by atoms with Crippen molar-refractivity contribution < 1.29 is 45.8 Å². The average molecular weight is 385 g/mol. The summed E-state index contributed by atoms with van der Waals surface area (Å²) in [5, 5.41) is 11.1. The maximum Gasteiger partial charge on any atom is 0.416 e. The van der Waals surface area contributed by atoms with Gasteiger partial charge in [-0.15, -0.1) is 0 Å². The molecule has 26 heavy (non-hydrogen) atoms. The lowest BCUT2D eigenvalue weighted by Crippen LogP contribution is -2.50. The fraction of sp³-hybridized carbons (Fsp3) is 0.467. The molecular formula is C15H13F6NO4. The van der Waals surface area contributed by atoms with Crippen LogP contribution in [0.3, 0.4) is 0 Å². The highest BCUT2D eigenvalue weighted by molar-refractivity contribution is 5.95. The molecule has 0 bridgehead atoms. The van der Waals surface area contributed by atoms with Crippen LogP contribution >= 0.6 is 0 Å². The average Bonchev–Trinajstić information content (AvgIpc) is 2.92. The number of benzene rings is 1. The van der Waals surface area contributed by atoms with Crippen LogP contribution in [0, 0.1) is 0 Å². The second-order valence-electron chi connectivity index (χ2n) is 5.90. The zero-order valence-electron chi connectivity index (χ0n) is 13.0. The zero-order valence-corrected chi connectivity index (χ0v) is 13.0. The van der Waals surface area contributed by atoms with Gasteiger partial charge in [-0.3, -0.25) is 9.59 Å². The van der Waals surface area contributed by atoms with Gasteiger partial charge in [0.05, 0.1) is 29.7 Å². The zero-order chi connectivity index (χ0) is 19.8. The molecule has 1 fully saturated rings. The second-order valence-corrected chi connectivity index (χ2v) is 5.90. The Hall–Kier alpha value is -2.30. The molecule has 2 rings (SSSR count). The van der Waals surface area contributed by atoms with Crippen LogP contribution in [0.4, 0.5) is 26.3 Å². The third-order valence-electron chi connectivity index (χ3n) is 3.82. The van der Waals surface area contributed by atoms with Gasteiger partial charge in [-0.05, 0) is 24.6 Å². The molecule has 1 saturated heterocycles. The number of hydrogen-bond acceptors (Lipinski definition) is 3. The highest BCUT2D eigenvalue weighted by Crippen LogP contribution is 2.36. The number of ether oxygens (including phenoxy) is 1. The van der Waals surface area contributed by atoms with Crippen molar-refractivity contribution in [1.82, 2.24) is 5.32 Å². The molecule has 1 amide bonds. The molecule has 2 N–H and O–H groups in total. The van der Waals surface area contributed by atoms with Crippen molar-refractivity contribution in [1.29, 1.82) is 0 Å². The van der Waals surface area contributed by atoms with E-state index in [2.05, 4.69) is 5.32 Å². The largest absolute Gasteiger partial charge is 0.481 e. The van der Waals surface area contributed by atoms with Crippen LogP contribution in [-0.4, -0.2) is 35.7 Å². The van der Waals surface area contributed by atoms with Crippen molar-refractivity contribution in [3.05, 3.63) is 34.9 Å². The molecule has 5 nitrogen and oxygen atoms in total. The molecule has 1 unspecified atom stereocenters. The number of rotatable bonds is 4. The fourth-order valence-corrected chi connectivity index (χ4v) is 2.58. The molecule has 0 aromatic heterocycles. The van der Waals surface area contributed by atoms with Crippen LogP contribution in [0.15, 0.2) is 18.2 Å². The number of carboxylic acids is 1. The first kappa shape index (κ1) is 20.0. The molecule has 1 heterocycles. The maximum absolute atomic E-state index is 12.9. The standard InChI is InChI=1S/C15H13F6NO4/c16-14(17,18)9-3-8(4-10(5-9)15(19,20)21)12(25)22-13(6-11(23)24)1-2-26-7-13/h3-5H,1-2,6-7H2,(H,22,25)(H,23,24). The molecule has 1 atom stereocenters. The van der Waals surface area contributed by atoms with Crippen molar-refractivity contribution in [3.63, 3.8) is 0 Å². The van der Waals surface area contributed by atoms with Gasteiger partial charge < -0.3 is 15.2 Å². The summed E-state index contributed by atoms with van der Waals surface area (Å²) in [5.74, 6) is -2.54. The van der Waals surface area contributed by atoms with E-state index in [-0.39, 0.29) is 37.8 Å². The fourth-order valence-electron chi connectivity index (χ4n) is 2.58. The lowest BCUT2D eigenvalue weighted by molar-refractivity contribution is -0.143. The predicted octanol–water partition coefficient (Wildman–Crippen LogP) is 3.09. The number of aliphatic carboxylic acids is 1. The summed E-state index contributed by atoms with van der Waals surface area (Å²) in [5.41, 5.74) is -5.53. The van der Waals surface area contributed by atoms with Crippen molar-refractivity contribution in [2.45, 2.75) is 30.7 Å². The molecule has 144 valence electrons. The summed E-state index contributed by atoms with van der Waals surface area (Å²) in [6.45, 7) is -0.111. The number of carbonyl (C=O) groups excluding carboxylic acids is 1. The second kappa shape index (κ2) is 6.78. The van der Waals surface area contributed by atoms with Crippen LogP contribution < -0.4 is 5.32 Å². The Kier molecular flexibility index (Phi) is 5.22.